The number of amides is 3. The number of likely N-dealkylation sites (tertiary alicyclic amines) is 1. The van der Waals surface area contributed by atoms with Crippen LogP contribution in [0.15, 0.2) is 23.6 Å². The molecule has 8 heteroatoms. The summed E-state index contributed by atoms with van der Waals surface area (Å²) in [6.07, 6.45) is 4.55. The van der Waals surface area contributed by atoms with Gasteiger partial charge in [0.1, 0.15) is 5.75 Å². The zero-order valence-corrected chi connectivity index (χ0v) is 17.4. The summed E-state index contributed by atoms with van der Waals surface area (Å²) in [7, 11) is 0. The van der Waals surface area contributed by atoms with Gasteiger partial charge in [0.15, 0.2) is 5.13 Å². The molecule has 1 aliphatic carbocycles. The standard InChI is InChI=1S/C22H23N3O4S/c26-19(7-9-25-20(27)15-3-1-2-4-16(15)21(25)28)24-22-23-17(12-30-22)13-5-6-18-14(11-13)8-10-29-18/h5-6,11-12,15-16H,1-4,7-10H2,(H,23,24,26)/t15-,16-/m0/s1. The number of imide groups is 1. The van der Waals surface area contributed by atoms with Gasteiger partial charge in [0.25, 0.3) is 0 Å². The molecule has 1 saturated heterocycles. The van der Waals surface area contributed by atoms with E-state index in [0.717, 1.165) is 49.1 Å². The van der Waals surface area contributed by atoms with Crippen molar-refractivity contribution >= 4 is 34.2 Å². The Labute approximate surface area is 178 Å². The number of carbonyl (C=O) groups excluding carboxylic acids is 3. The highest BCUT2D eigenvalue weighted by Gasteiger charge is 2.47. The van der Waals surface area contributed by atoms with Gasteiger partial charge in [0.2, 0.25) is 17.7 Å². The second-order valence-corrected chi connectivity index (χ2v) is 8.94. The van der Waals surface area contributed by atoms with Gasteiger partial charge in [-0.1, -0.05) is 12.8 Å². The zero-order chi connectivity index (χ0) is 20.7. The summed E-state index contributed by atoms with van der Waals surface area (Å²) in [4.78, 5) is 43.2. The minimum Gasteiger partial charge on any atom is -0.493 e. The molecule has 1 aromatic carbocycles. The van der Waals surface area contributed by atoms with E-state index in [4.69, 9.17) is 4.74 Å². The lowest BCUT2D eigenvalue weighted by molar-refractivity contribution is -0.140. The molecule has 2 fully saturated rings. The van der Waals surface area contributed by atoms with E-state index in [1.165, 1.54) is 21.8 Å². The van der Waals surface area contributed by atoms with Crippen LogP contribution in [-0.4, -0.2) is 40.8 Å². The van der Waals surface area contributed by atoms with E-state index in [1.54, 1.807) is 0 Å². The molecule has 2 atom stereocenters. The summed E-state index contributed by atoms with van der Waals surface area (Å²) in [6.45, 7) is 0.847. The van der Waals surface area contributed by atoms with Gasteiger partial charge in [-0.15, -0.1) is 11.3 Å². The molecule has 7 nitrogen and oxygen atoms in total. The Hall–Kier alpha value is -2.74. The molecular weight excluding hydrogens is 402 g/mol. The minimum absolute atomic E-state index is 0.0853. The Morgan fingerprint density at radius 3 is 2.73 bits per heavy atom. The molecule has 2 aliphatic heterocycles. The minimum atomic E-state index is -0.242. The molecule has 5 rings (SSSR count). The number of thiazole rings is 1. The highest BCUT2D eigenvalue weighted by molar-refractivity contribution is 7.14. The number of fused-ring (bicyclic) bond motifs is 2. The third-order valence-electron chi connectivity index (χ3n) is 6.23. The average Bonchev–Trinajstić information content (AvgIpc) is 3.46. The maximum Gasteiger partial charge on any atom is 0.233 e. The Bertz CT molecular complexity index is 994. The molecule has 3 heterocycles. The van der Waals surface area contributed by atoms with E-state index < -0.39 is 0 Å². The van der Waals surface area contributed by atoms with E-state index in [1.807, 2.05) is 17.5 Å². The van der Waals surface area contributed by atoms with E-state index in [-0.39, 0.29) is 42.5 Å². The quantitative estimate of drug-likeness (QED) is 0.743. The van der Waals surface area contributed by atoms with E-state index in [9.17, 15) is 14.4 Å². The van der Waals surface area contributed by atoms with Crippen LogP contribution in [0.4, 0.5) is 5.13 Å². The van der Waals surface area contributed by atoms with Crippen molar-refractivity contribution in [3.63, 3.8) is 0 Å². The summed E-state index contributed by atoms with van der Waals surface area (Å²) in [5.41, 5.74) is 2.97. The third kappa shape index (κ3) is 3.49. The fourth-order valence-electron chi connectivity index (χ4n) is 4.66. The lowest BCUT2D eigenvalue weighted by Gasteiger charge is -2.19. The fraction of sp³-hybridized carbons (Fsp3) is 0.455. The number of nitrogens with one attached hydrogen (secondary N) is 1. The smallest absolute Gasteiger partial charge is 0.233 e. The first kappa shape index (κ1) is 19.2. The Morgan fingerprint density at radius 1 is 1.20 bits per heavy atom. The van der Waals surface area contributed by atoms with E-state index >= 15 is 0 Å². The van der Waals surface area contributed by atoms with Crippen molar-refractivity contribution in [1.82, 2.24) is 9.88 Å². The van der Waals surface area contributed by atoms with Gasteiger partial charge < -0.3 is 10.1 Å². The number of anilines is 1. The van der Waals surface area contributed by atoms with Crippen LogP contribution >= 0.6 is 11.3 Å². The van der Waals surface area contributed by atoms with Crippen LogP contribution < -0.4 is 10.1 Å². The Morgan fingerprint density at radius 2 is 1.97 bits per heavy atom. The number of rotatable bonds is 5. The molecule has 1 saturated carbocycles. The normalized spacial score (nSPS) is 22.6. The summed E-state index contributed by atoms with van der Waals surface area (Å²) in [5, 5.41) is 5.22. The second-order valence-electron chi connectivity index (χ2n) is 8.08. The largest absolute Gasteiger partial charge is 0.493 e. The number of hydrogen-bond donors (Lipinski definition) is 1. The van der Waals surface area contributed by atoms with Crippen LogP contribution in [0.5, 0.6) is 5.75 Å². The lowest BCUT2D eigenvalue weighted by atomic mass is 9.81. The number of hydrogen-bond acceptors (Lipinski definition) is 6. The summed E-state index contributed by atoms with van der Waals surface area (Å²) in [5.74, 6) is 0.133. The Kier molecular flexibility index (Phi) is 5.02. The number of benzene rings is 1. The van der Waals surface area contributed by atoms with Gasteiger partial charge in [-0.25, -0.2) is 4.98 Å². The van der Waals surface area contributed by atoms with Crippen LogP contribution in [0.1, 0.15) is 37.7 Å². The second kappa shape index (κ2) is 7.83. The first-order valence-electron chi connectivity index (χ1n) is 10.5. The van der Waals surface area contributed by atoms with Gasteiger partial charge in [-0.3, -0.25) is 19.3 Å². The van der Waals surface area contributed by atoms with Gasteiger partial charge >= 0.3 is 0 Å². The van der Waals surface area contributed by atoms with Crippen LogP contribution in [0.25, 0.3) is 11.3 Å². The molecule has 3 amide bonds. The molecule has 0 unspecified atom stereocenters. The van der Waals surface area contributed by atoms with Crippen molar-refractivity contribution in [3.8, 4) is 17.0 Å². The zero-order valence-electron chi connectivity index (χ0n) is 16.6. The first-order valence-corrected chi connectivity index (χ1v) is 11.3. The molecule has 156 valence electrons. The van der Waals surface area contributed by atoms with E-state index in [2.05, 4.69) is 16.4 Å². The van der Waals surface area contributed by atoms with Gasteiger partial charge in [-0.05, 0) is 36.6 Å². The topological polar surface area (TPSA) is 88.6 Å². The fourth-order valence-corrected chi connectivity index (χ4v) is 5.39. The van der Waals surface area contributed by atoms with Crippen LogP contribution in [0, 0.1) is 11.8 Å². The molecular formula is C22H23N3O4S. The molecule has 1 N–H and O–H groups in total. The highest BCUT2D eigenvalue weighted by Crippen LogP contribution is 2.38. The van der Waals surface area contributed by atoms with Crippen molar-refractivity contribution in [2.45, 2.75) is 38.5 Å². The predicted octanol–water partition coefficient (Wildman–Crippen LogP) is 3.25. The summed E-state index contributed by atoms with van der Waals surface area (Å²) < 4.78 is 5.54. The number of carbonyl (C=O) groups is 3. The highest BCUT2D eigenvalue weighted by atomic mass is 32.1. The maximum absolute atomic E-state index is 12.5. The molecule has 1 aromatic heterocycles. The number of ether oxygens (including phenoxy) is 1. The monoisotopic (exact) mass is 425 g/mol. The van der Waals surface area contributed by atoms with Crippen molar-refractivity contribution in [2.75, 3.05) is 18.5 Å². The molecule has 0 bridgehead atoms. The van der Waals surface area contributed by atoms with Gasteiger partial charge in [0, 0.05) is 30.3 Å². The maximum atomic E-state index is 12.5. The SMILES string of the molecule is O=C(CCN1C(=O)[C@H]2CCCC[C@@H]2C1=O)Nc1nc(-c2ccc3c(c2)CCO3)cs1. The molecule has 2 aromatic rings. The molecule has 3 aliphatic rings. The van der Waals surface area contributed by atoms with Crippen molar-refractivity contribution in [2.24, 2.45) is 11.8 Å². The average molecular weight is 426 g/mol. The number of aromatic nitrogens is 1. The van der Waals surface area contributed by atoms with E-state index in [0.29, 0.717) is 11.7 Å². The number of nitrogens with zero attached hydrogens (tertiary/aromatic N) is 2. The van der Waals surface area contributed by atoms with Crippen molar-refractivity contribution < 1.29 is 19.1 Å². The van der Waals surface area contributed by atoms with Gasteiger partial charge in [0.05, 0.1) is 24.1 Å². The van der Waals surface area contributed by atoms with Crippen LogP contribution in [0.2, 0.25) is 0 Å². The molecule has 0 radical (unpaired) electrons. The lowest BCUT2D eigenvalue weighted by Crippen LogP contribution is -2.34. The first-order chi connectivity index (χ1) is 14.6. The summed E-state index contributed by atoms with van der Waals surface area (Å²) >= 11 is 1.36. The third-order valence-corrected chi connectivity index (χ3v) is 6.99. The summed E-state index contributed by atoms with van der Waals surface area (Å²) in [6, 6.07) is 6.00. The molecule has 0 spiro atoms. The van der Waals surface area contributed by atoms with Gasteiger partial charge in [-0.2, -0.15) is 0 Å². The van der Waals surface area contributed by atoms with Crippen molar-refractivity contribution in [3.05, 3.63) is 29.1 Å². The van der Waals surface area contributed by atoms with Crippen LogP contribution in [-0.2, 0) is 20.8 Å². The predicted molar refractivity (Wildman–Crippen MR) is 112 cm³/mol. The Balaban J connectivity index is 1.19. The van der Waals surface area contributed by atoms with Crippen molar-refractivity contribution in [1.29, 1.82) is 0 Å². The molecule has 30 heavy (non-hydrogen) atoms. The van der Waals surface area contributed by atoms with Crippen LogP contribution in [0.3, 0.4) is 0 Å².